The molecule has 2 unspecified atom stereocenters. The monoisotopic (exact) mass is 414 g/mol. The van der Waals surface area contributed by atoms with Gasteiger partial charge in [-0.1, -0.05) is 0 Å². The van der Waals surface area contributed by atoms with Crippen LogP contribution in [-0.2, 0) is 9.47 Å². The van der Waals surface area contributed by atoms with Crippen molar-refractivity contribution in [3.8, 4) is 0 Å². The molecule has 2 amide bonds. The number of epoxide rings is 2. The van der Waals surface area contributed by atoms with Crippen molar-refractivity contribution in [3.63, 3.8) is 0 Å². The van der Waals surface area contributed by atoms with Crippen LogP contribution in [0, 0.1) is 0 Å². The molecule has 2 aromatic rings. The van der Waals surface area contributed by atoms with Crippen molar-refractivity contribution in [3.05, 3.63) is 46.5 Å². The fraction of sp³-hybridized carbons (Fsp3) is 0.300. The number of carboxylic acids is 2. The molecule has 156 valence electrons. The zero-order chi connectivity index (χ0) is 21.4. The van der Waals surface area contributed by atoms with E-state index in [4.69, 9.17) is 9.47 Å². The molecule has 4 N–H and O–H groups in total. The minimum Gasteiger partial charge on any atom is -0.478 e. The Kier molecular flexibility index (Phi) is 5.10. The van der Waals surface area contributed by atoms with Gasteiger partial charge in [0.25, 0.3) is 11.8 Å². The Bertz CT molecular complexity index is 988. The molecule has 0 aliphatic carbocycles. The highest BCUT2D eigenvalue weighted by Crippen LogP contribution is 2.31. The molecule has 0 radical (unpaired) electrons. The number of rotatable bonds is 8. The second-order valence-corrected chi connectivity index (χ2v) is 7.01. The standard InChI is InChI=1S/C20H18N2O8/c23-17(21-5-9-7-29-9)11-1-2-12(18(24)22-6-10-8-30-10)16-14(20(27)28)4-3-13(15(11)16)19(25)26/h1-4,9-10H,5-8H2,(H,21,23)(H,22,24)(H,25,26)(H,27,28). The first-order valence-electron chi connectivity index (χ1n) is 9.22. The van der Waals surface area contributed by atoms with E-state index in [1.54, 1.807) is 0 Å². The Hall–Kier alpha value is -3.50. The van der Waals surface area contributed by atoms with Crippen LogP contribution in [0.1, 0.15) is 41.4 Å². The number of carboxylic acid groups (broad SMARTS) is 2. The van der Waals surface area contributed by atoms with Gasteiger partial charge in [-0.25, -0.2) is 9.59 Å². The third kappa shape index (κ3) is 3.95. The average molecular weight is 414 g/mol. The summed E-state index contributed by atoms with van der Waals surface area (Å²) in [6.45, 7) is 1.53. The van der Waals surface area contributed by atoms with Crippen molar-refractivity contribution in [2.75, 3.05) is 26.3 Å². The maximum Gasteiger partial charge on any atom is 0.336 e. The summed E-state index contributed by atoms with van der Waals surface area (Å²) in [7, 11) is 0. The van der Waals surface area contributed by atoms with Crippen molar-refractivity contribution < 1.29 is 38.9 Å². The number of nitrogens with one attached hydrogen (secondary N) is 2. The zero-order valence-electron chi connectivity index (χ0n) is 15.6. The van der Waals surface area contributed by atoms with E-state index in [2.05, 4.69) is 10.6 Å². The molecule has 2 aliphatic heterocycles. The van der Waals surface area contributed by atoms with Gasteiger partial charge in [0.05, 0.1) is 36.5 Å². The number of fused-ring (bicyclic) bond motifs is 1. The van der Waals surface area contributed by atoms with Gasteiger partial charge in [0.2, 0.25) is 0 Å². The molecule has 2 heterocycles. The van der Waals surface area contributed by atoms with Crippen LogP contribution in [0.4, 0.5) is 0 Å². The van der Waals surface area contributed by atoms with Crippen LogP contribution in [0.25, 0.3) is 10.8 Å². The highest BCUT2D eigenvalue weighted by Gasteiger charge is 2.28. The summed E-state index contributed by atoms with van der Waals surface area (Å²) in [6.07, 6.45) is -0.188. The van der Waals surface area contributed by atoms with Gasteiger partial charge in [-0.05, 0) is 24.3 Å². The van der Waals surface area contributed by atoms with Gasteiger partial charge in [0.15, 0.2) is 0 Å². The summed E-state index contributed by atoms with van der Waals surface area (Å²) in [5.41, 5.74) is -0.618. The van der Waals surface area contributed by atoms with Crippen molar-refractivity contribution in [2.24, 2.45) is 0 Å². The molecule has 2 saturated heterocycles. The van der Waals surface area contributed by atoms with E-state index in [1.807, 2.05) is 0 Å². The minimum atomic E-state index is -1.35. The fourth-order valence-corrected chi connectivity index (χ4v) is 3.21. The third-order valence-electron chi connectivity index (χ3n) is 4.90. The molecule has 2 fully saturated rings. The number of ether oxygens (including phenoxy) is 2. The summed E-state index contributed by atoms with van der Waals surface area (Å²) in [5, 5.41) is 24.4. The van der Waals surface area contributed by atoms with Crippen LogP contribution in [0.5, 0.6) is 0 Å². The first kappa shape index (κ1) is 19.8. The van der Waals surface area contributed by atoms with Gasteiger partial charge < -0.3 is 30.3 Å². The number of aromatic carboxylic acids is 2. The molecule has 10 nitrogen and oxygen atoms in total. The molecule has 0 saturated carbocycles. The first-order chi connectivity index (χ1) is 14.4. The van der Waals surface area contributed by atoms with Crippen molar-refractivity contribution in [2.45, 2.75) is 12.2 Å². The molecule has 0 spiro atoms. The normalized spacial score (nSPS) is 19.2. The highest BCUT2D eigenvalue weighted by molar-refractivity contribution is 6.23. The molecule has 30 heavy (non-hydrogen) atoms. The molecule has 0 bridgehead atoms. The second-order valence-electron chi connectivity index (χ2n) is 7.01. The van der Waals surface area contributed by atoms with Crippen LogP contribution in [-0.4, -0.2) is 72.5 Å². The maximum absolute atomic E-state index is 12.7. The maximum atomic E-state index is 12.7. The lowest BCUT2D eigenvalue weighted by molar-refractivity contribution is 0.0684. The number of hydrogen-bond donors (Lipinski definition) is 4. The smallest absolute Gasteiger partial charge is 0.336 e. The molecule has 2 aliphatic rings. The lowest BCUT2D eigenvalue weighted by atomic mass is 9.91. The number of hydrogen-bond acceptors (Lipinski definition) is 6. The van der Waals surface area contributed by atoms with Crippen LogP contribution in [0.3, 0.4) is 0 Å². The van der Waals surface area contributed by atoms with Crippen molar-refractivity contribution >= 4 is 34.5 Å². The summed E-state index contributed by atoms with van der Waals surface area (Å²) in [6, 6.07) is 4.89. The Morgan fingerprint density at radius 1 is 0.733 bits per heavy atom. The Morgan fingerprint density at radius 3 is 1.37 bits per heavy atom. The zero-order valence-corrected chi connectivity index (χ0v) is 15.6. The Labute approximate surface area is 169 Å². The van der Waals surface area contributed by atoms with Gasteiger partial charge in [-0.2, -0.15) is 0 Å². The van der Waals surface area contributed by atoms with E-state index in [9.17, 15) is 29.4 Å². The van der Waals surface area contributed by atoms with Crippen molar-refractivity contribution in [1.29, 1.82) is 0 Å². The lowest BCUT2D eigenvalue weighted by Crippen LogP contribution is -2.30. The van der Waals surface area contributed by atoms with E-state index < -0.39 is 23.8 Å². The highest BCUT2D eigenvalue weighted by atomic mass is 16.6. The molecule has 2 aromatic carbocycles. The van der Waals surface area contributed by atoms with Gasteiger partial charge >= 0.3 is 11.9 Å². The molecule has 10 heteroatoms. The van der Waals surface area contributed by atoms with Crippen molar-refractivity contribution in [1.82, 2.24) is 10.6 Å². The number of benzene rings is 2. The molecular weight excluding hydrogens is 396 g/mol. The first-order valence-corrected chi connectivity index (χ1v) is 9.22. The molecule has 4 rings (SSSR count). The van der Waals surface area contributed by atoms with Crippen LogP contribution < -0.4 is 10.6 Å². The largest absolute Gasteiger partial charge is 0.478 e. The summed E-state index contributed by atoms with van der Waals surface area (Å²) in [4.78, 5) is 49.1. The predicted octanol–water partition coefficient (Wildman–Crippen LogP) is 0.493. The van der Waals surface area contributed by atoms with Gasteiger partial charge in [0.1, 0.15) is 0 Å². The summed E-state index contributed by atoms with van der Waals surface area (Å²) in [5.74, 6) is -3.86. The van der Waals surface area contributed by atoms with Crippen LogP contribution in [0.2, 0.25) is 0 Å². The lowest BCUT2D eigenvalue weighted by Gasteiger charge is -2.15. The fourth-order valence-electron chi connectivity index (χ4n) is 3.21. The van der Waals surface area contributed by atoms with Crippen LogP contribution in [0.15, 0.2) is 24.3 Å². The topological polar surface area (TPSA) is 158 Å². The van der Waals surface area contributed by atoms with Gasteiger partial charge in [0, 0.05) is 35.0 Å². The number of carbonyl (C=O) groups excluding carboxylic acids is 2. The SMILES string of the molecule is O=C(O)c1ccc(C(=O)O)c2c(C(=O)NCC3CO3)ccc(C(=O)NCC3CO3)c12. The summed E-state index contributed by atoms with van der Waals surface area (Å²) < 4.78 is 10.1. The van der Waals surface area contributed by atoms with E-state index in [0.29, 0.717) is 13.2 Å². The third-order valence-corrected chi connectivity index (χ3v) is 4.90. The number of carbonyl (C=O) groups is 4. The van der Waals surface area contributed by atoms with Gasteiger partial charge in [-0.3, -0.25) is 9.59 Å². The van der Waals surface area contributed by atoms with E-state index in [0.717, 1.165) is 12.1 Å². The van der Waals surface area contributed by atoms with E-state index >= 15 is 0 Å². The number of amides is 2. The Morgan fingerprint density at radius 2 is 1.07 bits per heavy atom. The summed E-state index contributed by atoms with van der Waals surface area (Å²) >= 11 is 0. The minimum absolute atomic E-state index is 0.0340. The molecule has 0 aromatic heterocycles. The quantitative estimate of drug-likeness (QED) is 0.455. The van der Waals surface area contributed by atoms with E-state index in [1.165, 1.54) is 12.1 Å². The average Bonchev–Trinajstić information content (AvgIpc) is 3.62. The second kappa shape index (κ2) is 7.73. The van der Waals surface area contributed by atoms with E-state index in [-0.39, 0.29) is 58.3 Å². The van der Waals surface area contributed by atoms with Gasteiger partial charge in [-0.15, -0.1) is 0 Å². The predicted molar refractivity (Wildman–Crippen MR) is 102 cm³/mol. The van der Waals surface area contributed by atoms with Crippen LogP contribution >= 0.6 is 0 Å². The molecule has 2 atom stereocenters. The Balaban J connectivity index is 1.86. The molecular formula is C20H18N2O8.